The second kappa shape index (κ2) is 7.91. The fourth-order valence-corrected chi connectivity index (χ4v) is 3.37. The van der Waals surface area contributed by atoms with Crippen molar-refractivity contribution in [3.63, 3.8) is 0 Å². The number of carbonyl (C=O) groups is 1. The zero-order valence-electron chi connectivity index (χ0n) is 15.8. The number of anilines is 1. The molecule has 0 spiro atoms. The Labute approximate surface area is 155 Å². The highest BCUT2D eigenvalue weighted by atomic mass is 32.2. The van der Waals surface area contributed by atoms with Crippen LogP contribution in [0.4, 0.5) is 5.69 Å². The summed E-state index contributed by atoms with van der Waals surface area (Å²) in [5.74, 6) is 0.0888. The molecule has 0 unspecified atom stereocenters. The molecule has 0 saturated heterocycles. The van der Waals surface area contributed by atoms with E-state index < -0.39 is 10.0 Å². The summed E-state index contributed by atoms with van der Waals surface area (Å²) in [4.78, 5) is 12.6. The first-order chi connectivity index (χ1) is 12.1. The Hall–Kier alpha value is -2.34. The molecule has 1 atom stereocenters. The first-order valence-electron chi connectivity index (χ1n) is 8.61. The number of hydrogen-bond acceptors (Lipinski definition) is 3. The van der Waals surface area contributed by atoms with Crippen molar-refractivity contribution in [3.05, 3.63) is 59.2 Å². The van der Waals surface area contributed by atoms with Crippen molar-refractivity contribution < 1.29 is 13.2 Å². The van der Waals surface area contributed by atoms with Crippen LogP contribution in [0.3, 0.4) is 0 Å². The van der Waals surface area contributed by atoms with Gasteiger partial charge in [0.15, 0.2) is 0 Å². The molecule has 2 aromatic rings. The minimum absolute atomic E-state index is 0.0245. The fraction of sp³-hybridized carbons (Fsp3) is 0.350. The maximum atomic E-state index is 12.6. The minimum atomic E-state index is -3.71. The third-order valence-electron chi connectivity index (χ3n) is 4.43. The molecule has 0 saturated carbocycles. The minimum Gasteiger partial charge on any atom is -0.349 e. The maximum Gasteiger partial charge on any atom is 0.261 e. The number of amides is 1. The molecule has 2 aromatic carbocycles. The van der Waals surface area contributed by atoms with Gasteiger partial charge in [-0.3, -0.25) is 9.52 Å². The van der Waals surface area contributed by atoms with E-state index in [1.165, 1.54) is 0 Å². The summed E-state index contributed by atoms with van der Waals surface area (Å²) in [7, 11) is -3.71. The Balaban J connectivity index is 2.27. The van der Waals surface area contributed by atoms with Crippen LogP contribution in [-0.2, 0) is 10.0 Å². The summed E-state index contributed by atoms with van der Waals surface area (Å²) in [5.41, 5.74) is 2.55. The molecule has 1 amide bonds. The Morgan fingerprint density at radius 1 is 0.962 bits per heavy atom. The third kappa shape index (κ3) is 4.85. The number of benzene rings is 2. The summed E-state index contributed by atoms with van der Waals surface area (Å²) in [6, 6.07) is 11.7. The Bertz CT molecular complexity index is 888. The van der Waals surface area contributed by atoms with Crippen molar-refractivity contribution in [2.24, 2.45) is 5.92 Å². The van der Waals surface area contributed by atoms with Crippen LogP contribution in [0.5, 0.6) is 0 Å². The van der Waals surface area contributed by atoms with Crippen LogP contribution in [-0.4, -0.2) is 20.4 Å². The molecule has 26 heavy (non-hydrogen) atoms. The normalized spacial score (nSPS) is 12.7. The molecule has 2 rings (SSSR count). The smallest absolute Gasteiger partial charge is 0.261 e. The third-order valence-corrected chi connectivity index (χ3v) is 5.82. The zero-order valence-corrected chi connectivity index (χ0v) is 16.6. The average molecular weight is 375 g/mol. The van der Waals surface area contributed by atoms with Crippen LogP contribution >= 0.6 is 0 Å². The van der Waals surface area contributed by atoms with Gasteiger partial charge in [-0.2, -0.15) is 0 Å². The molecule has 0 aromatic heterocycles. The number of hydrogen-bond donors (Lipinski definition) is 2. The van der Waals surface area contributed by atoms with E-state index in [0.29, 0.717) is 17.2 Å². The van der Waals surface area contributed by atoms with Crippen LogP contribution in [0.2, 0.25) is 0 Å². The molecule has 0 aliphatic carbocycles. The van der Waals surface area contributed by atoms with Crippen LogP contribution < -0.4 is 10.0 Å². The number of aryl methyl sites for hydroxylation is 2. The van der Waals surface area contributed by atoms with Gasteiger partial charge in [0.2, 0.25) is 0 Å². The predicted molar refractivity (Wildman–Crippen MR) is 105 cm³/mol. The first kappa shape index (κ1) is 20.0. The average Bonchev–Trinajstić information content (AvgIpc) is 2.56. The predicted octanol–water partition coefficient (Wildman–Crippen LogP) is 3.88. The SMILES string of the molecule is Cc1ccc(S(=O)(=O)Nc2cc(C(=O)N[C@@H](C)C(C)C)ccc2C)cc1. The van der Waals surface area contributed by atoms with Crippen LogP contribution in [0, 0.1) is 19.8 Å². The van der Waals surface area contributed by atoms with Gasteiger partial charge in [-0.25, -0.2) is 8.42 Å². The number of nitrogens with one attached hydrogen (secondary N) is 2. The lowest BCUT2D eigenvalue weighted by Crippen LogP contribution is -2.36. The van der Waals surface area contributed by atoms with E-state index in [4.69, 9.17) is 0 Å². The number of carbonyl (C=O) groups excluding carboxylic acids is 1. The largest absolute Gasteiger partial charge is 0.349 e. The van der Waals surface area contributed by atoms with E-state index in [1.807, 2.05) is 27.7 Å². The summed E-state index contributed by atoms with van der Waals surface area (Å²) < 4.78 is 27.8. The van der Waals surface area contributed by atoms with E-state index in [9.17, 15) is 13.2 Å². The zero-order chi connectivity index (χ0) is 19.5. The van der Waals surface area contributed by atoms with Crippen molar-refractivity contribution in [1.82, 2.24) is 5.32 Å². The van der Waals surface area contributed by atoms with Crippen molar-refractivity contribution in [3.8, 4) is 0 Å². The standard InChI is InChI=1S/C20H26N2O3S/c1-13(2)16(5)21-20(23)17-9-8-15(4)19(12-17)22-26(24,25)18-10-6-14(3)7-11-18/h6-13,16,22H,1-5H3,(H,21,23)/t16-/m0/s1. The van der Waals surface area contributed by atoms with E-state index in [-0.39, 0.29) is 16.8 Å². The van der Waals surface area contributed by atoms with Crippen molar-refractivity contribution in [2.45, 2.75) is 45.6 Å². The molecule has 0 aliphatic rings. The number of rotatable bonds is 6. The van der Waals surface area contributed by atoms with Gasteiger partial charge in [0.25, 0.3) is 15.9 Å². The van der Waals surface area contributed by atoms with E-state index in [2.05, 4.69) is 10.0 Å². The molecule has 0 radical (unpaired) electrons. The molecule has 0 fully saturated rings. The fourth-order valence-electron chi connectivity index (χ4n) is 2.25. The molecule has 2 N–H and O–H groups in total. The lowest BCUT2D eigenvalue weighted by molar-refractivity contribution is 0.0930. The maximum absolute atomic E-state index is 12.6. The van der Waals surface area contributed by atoms with E-state index in [1.54, 1.807) is 49.4 Å². The quantitative estimate of drug-likeness (QED) is 0.806. The summed E-state index contributed by atoms with van der Waals surface area (Å²) in [5, 5.41) is 2.93. The topological polar surface area (TPSA) is 75.3 Å². The van der Waals surface area contributed by atoms with Gasteiger partial charge in [-0.15, -0.1) is 0 Å². The molecular formula is C20H26N2O3S. The second-order valence-electron chi connectivity index (χ2n) is 6.95. The van der Waals surface area contributed by atoms with Crippen molar-refractivity contribution >= 4 is 21.6 Å². The molecule has 5 nitrogen and oxygen atoms in total. The molecule has 0 bridgehead atoms. The lowest BCUT2D eigenvalue weighted by atomic mass is 10.1. The highest BCUT2D eigenvalue weighted by molar-refractivity contribution is 7.92. The van der Waals surface area contributed by atoms with Crippen LogP contribution in [0.1, 0.15) is 42.3 Å². The molecular weight excluding hydrogens is 348 g/mol. The van der Waals surface area contributed by atoms with Crippen molar-refractivity contribution in [2.75, 3.05) is 4.72 Å². The highest BCUT2D eigenvalue weighted by Gasteiger charge is 2.17. The summed E-state index contributed by atoms with van der Waals surface area (Å²) in [6.45, 7) is 9.69. The van der Waals surface area contributed by atoms with Gasteiger partial charge < -0.3 is 5.32 Å². The molecule has 140 valence electrons. The van der Waals surface area contributed by atoms with Gasteiger partial charge in [-0.1, -0.05) is 37.6 Å². The van der Waals surface area contributed by atoms with Gasteiger partial charge in [0.1, 0.15) is 0 Å². The molecule has 6 heteroatoms. The number of sulfonamides is 1. The van der Waals surface area contributed by atoms with Crippen LogP contribution in [0.25, 0.3) is 0 Å². The Kier molecular flexibility index (Phi) is 6.08. The summed E-state index contributed by atoms with van der Waals surface area (Å²) >= 11 is 0. The second-order valence-corrected chi connectivity index (χ2v) is 8.64. The monoisotopic (exact) mass is 374 g/mol. The highest BCUT2D eigenvalue weighted by Crippen LogP contribution is 2.22. The van der Waals surface area contributed by atoms with E-state index >= 15 is 0 Å². The van der Waals surface area contributed by atoms with Gasteiger partial charge in [0.05, 0.1) is 10.6 Å². The summed E-state index contributed by atoms with van der Waals surface area (Å²) in [6.07, 6.45) is 0. The Morgan fingerprint density at radius 3 is 2.15 bits per heavy atom. The van der Waals surface area contributed by atoms with E-state index in [0.717, 1.165) is 11.1 Å². The Morgan fingerprint density at radius 2 is 1.58 bits per heavy atom. The van der Waals surface area contributed by atoms with Gasteiger partial charge in [0, 0.05) is 11.6 Å². The van der Waals surface area contributed by atoms with Crippen LogP contribution in [0.15, 0.2) is 47.4 Å². The lowest BCUT2D eigenvalue weighted by Gasteiger charge is -2.18. The van der Waals surface area contributed by atoms with Gasteiger partial charge >= 0.3 is 0 Å². The molecule has 0 aliphatic heterocycles. The van der Waals surface area contributed by atoms with Crippen molar-refractivity contribution in [1.29, 1.82) is 0 Å². The van der Waals surface area contributed by atoms with Gasteiger partial charge in [-0.05, 0) is 56.5 Å². The molecule has 0 heterocycles. The first-order valence-corrected chi connectivity index (χ1v) is 10.1.